The summed E-state index contributed by atoms with van der Waals surface area (Å²) in [7, 11) is 0. The zero-order valence-electron chi connectivity index (χ0n) is 15.2. The summed E-state index contributed by atoms with van der Waals surface area (Å²) in [6, 6.07) is 20.8. The zero-order valence-corrected chi connectivity index (χ0v) is 15.2. The van der Waals surface area contributed by atoms with Crippen molar-refractivity contribution >= 4 is 23.3 Å². The highest BCUT2D eigenvalue weighted by Gasteiger charge is 2.47. The van der Waals surface area contributed by atoms with Gasteiger partial charge in [-0.25, -0.2) is 4.98 Å². The van der Waals surface area contributed by atoms with Crippen LogP contribution in [0.15, 0.2) is 84.6 Å². The maximum absolute atomic E-state index is 12.9. The minimum absolute atomic E-state index is 0.0608. The van der Waals surface area contributed by atoms with Crippen LogP contribution in [-0.2, 0) is 9.59 Å². The summed E-state index contributed by atoms with van der Waals surface area (Å²) < 4.78 is 0. The van der Waals surface area contributed by atoms with E-state index in [0.29, 0.717) is 11.4 Å². The van der Waals surface area contributed by atoms with Gasteiger partial charge in [0.05, 0.1) is 11.6 Å². The van der Waals surface area contributed by atoms with Crippen LogP contribution >= 0.6 is 0 Å². The maximum atomic E-state index is 12.9. The average molecular weight is 370 g/mol. The van der Waals surface area contributed by atoms with Crippen molar-refractivity contribution in [3.05, 3.63) is 101 Å². The molecule has 2 heterocycles. The third kappa shape index (κ3) is 2.97. The Bertz CT molecular complexity index is 1060. The van der Waals surface area contributed by atoms with Crippen LogP contribution in [0.1, 0.15) is 22.7 Å². The van der Waals surface area contributed by atoms with Crippen LogP contribution in [0.2, 0.25) is 0 Å². The van der Waals surface area contributed by atoms with Crippen molar-refractivity contribution in [1.29, 1.82) is 0 Å². The van der Waals surface area contributed by atoms with Gasteiger partial charge in [0.1, 0.15) is 11.6 Å². The van der Waals surface area contributed by atoms with E-state index < -0.39 is 17.7 Å². The van der Waals surface area contributed by atoms with Crippen LogP contribution in [0.25, 0.3) is 5.76 Å². The van der Waals surface area contributed by atoms with Gasteiger partial charge in [0.15, 0.2) is 0 Å². The number of rotatable bonds is 3. The lowest BCUT2D eigenvalue weighted by Crippen LogP contribution is -2.30. The topological polar surface area (TPSA) is 70.5 Å². The van der Waals surface area contributed by atoms with Gasteiger partial charge >= 0.3 is 5.91 Å². The second-order valence-corrected chi connectivity index (χ2v) is 6.63. The van der Waals surface area contributed by atoms with Crippen molar-refractivity contribution in [2.24, 2.45) is 0 Å². The first-order valence-electron chi connectivity index (χ1n) is 8.92. The molecule has 1 N–H and O–H groups in total. The number of carbonyl (C=O) groups is 2. The number of amides is 1. The zero-order chi connectivity index (χ0) is 19.7. The van der Waals surface area contributed by atoms with Gasteiger partial charge in [-0.15, -0.1) is 0 Å². The molecule has 28 heavy (non-hydrogen) atoms. The van der Waals surface area contributed by atoms with Crippen molar-refractivity contribution in [3.63, 3.8) is 0 Å². The van der Waals surface area contributed by atoms with Gasteiger partial charge in [0, 0.05) is 11.8 Å². The van der Waals surface area contributed by atoms with Crippen molar-refractivity contribution in [3.8, 4) is 0 Å². The number of Topliss-reactive ketones (excluding diaryl/α,β-unsaturated/α-hetero) is 1. The SMILES string of the molecule is Cc1ccc(/C(O)=C2\C(=O)C(=O)N(c3ccccn3)[C@H]2c2ccccc2)cc1. The number of aliphatic hydroxyl groups is 1. The highest BCUT2D eigenvalue weighted by Crippen LogP contribution is 2.41. The molecule has 1 aromatic heterocycles. The molecule has 1 atom stereocenters. The summed E-state index contributed by atoms with van der Waals surface area (Å²) in [6.07, 6.45) is 1.57. The quantitative estimate of drug-likeness (QED) is 0.429. The summed E-state index contributed by atoms with van der Waals surface area (Å²) in [5.74, 6) is -1.26. The Morgan fingerprint density at radius 1 is 0.929 bits per heavy atom. The van der Waals surface area contributed by atoms with Crippen LogP contribution < -0.4 is 4.90 Å². The number of aromatic nitrogens is 1. The maximum Gasteiger partial charge on any atom is 0.301 e. The fourth-order valence-corrected chi connectivity index (χ4v) is 3.38. The lowest BCUT2D eigenvalue weighted by atomic mass is 9.95. The number of pyridine rings is 1. The van der Waals surface area contributed by atoms with Gasteiger partial charge in [0.25, 0.3) is 5.78 Å². The van der Waals surface area contributed by atoms with Crippen molar-refractivity contribution in [2.75, 3.05) is 4.90 Å². The first-order chi connectivity index (χ1) is 13.6. The number of nitrogens with zero attached hydrogens (tertiary/aromatic N) is 2. The second kappa shape index (κ2) is 7.12. The van der Waals surface area contributed by atoms with E-state index in [1.54, 1.807) is 36.5 Å². The molecule has 0 unspecified atom stereocenters. The van der Waals surface area contributed by atoms with Crippen LogP contribution in [0.4, 0.5) is 5.82 Å². The van der Waals surface area contributed by atoms with Gasteiger partial charge in [-0.05, 0) is 24.6 Å². The first-order valence-corrected chi connectivity index (χ1v) is 8.92. The van der Waals surface area contributed by atoms with Gasteiger partial charge < -0.3 is 5.11 Å². The largest absolute Gasteiger partial charge is 0.507 e. The van der Waals surface area contributed by atoms with E-state index in [2.05, 4.69) is 4.98 Å². The molecular weight excluding hydrogens is 352 g/mol. The predicted molar refractivity (Wildman–Crippen MR) is 107 cm³/mol. The average Bonchev–Trinajstić information content (AvgIpc) is 3.00. The van der Waals surface area contributed by atoms with Gasteiger partial charge in [-0.2, -0.15) is 0 Å². The summed E-state index contributed by atoms with van der Waals surface area (Å²) in [5, 5.41) is 11.0. The molecule has 1 aliphatic rings. The normalized spacial score (nSPS) is 18.5. The highest BCUT2D eigenvalue weighted by atomic mass is 16.3. The van der Waals surface area contributed by atoms with Crippen molar-refractivity contribution < 1.29 is 14.7 Å². The monoisotopic (exact) mass is 370 g/mol. The molecule has 5 nitrogen and oxygen atoms in total. The van der Waals surface area contributed by atoms with E-state index in [1.807, 2.05) is 49.4 Å². The third-order valence-corrected chi connectivity index (χ3v) is 4.78. The third-order valence-electron chi connectivity index (χ3n) is 4.78. The summed E-state index contributed by atoms with van der Waals surface area (Å²) in [4.78, 5) is 31.4. The van der Waals surface area contributed by atoms with Crippen LogP contribution in [-0.4, -0.2) is 21.8 Å². The van der Waals surface area contributed by atoms with E-state index in [0.717, 1.165) is 11.1 Å². The number of carbonyl (C=O) groups excluding carboxylic acids is 2. The minimum Gasteiger partial charge on any atom is -0.507 e. The van der Waals surface area contributed by atoms with E-state index in [4.69, 9.17) is 0 Å². The Hall–Kier alpha value is -3.73. The summed E-state index contributed by atoms with van der Waals surface area (Å²) in [5.41, 5.74) is 2.31. The summed E-state index contributed by atoms with van der Waals surface area (Å²) in [6.45, 7) is 1.94. The number of ketones is 1. The van der Waals surface area contributed by atoms with Crippen LogP contribution in [0, 0.1) is 6.92 Å². The summed E-state index contributed by atoms with van der Waals surface area (Å²) >= 11 is 0. The molecule has 0 saturated carbocycles. The Balaban J connectivity index is 1.94. The minimum atomic E-state index is -0.752. The lowest BCUT2D eigenvalue weighted by molar-refractivity contribution is -0.132. The Morgan fingerprint density at radius 3 is 2.25 bits per heavy atom. The number of anilines is 1. The Labute approximate surface area is 162 Å². The van der Waals surface area contributed by atoms with Crippen molar-refractivity contribution in [1.82, 2.24) is 4.98 Å². The molecule has 4 rings (SSSR count). The van der Waals surface area contributed by atoms with E-state index in [-0.39, 0.29) is 11.3 Å². The Kier molecular flexibility index (Phi) is 4.49. The molecule has 1 aliphatic heterocycles. The number of aryl methyl sites for hydroxylation is 1. The molecule has 138 valence electrons. The van der Waals surface area contributed by atoms with Crippen molar-refractivity contribution in [2.45, 2.75) is 13.0 Å². The molecular formula is C23H18N2O3. The molecule has 5 heteroatoms. The first kappa shape index (κ1) is 17.7. The molecule has 1 saturated heterocycles. The lowest BCUT2D eigenvalue weighted by Gasteiger charge is -2.24. The fourth-order valence-electron chi connectivity index (χ4n) is 3.38. The van der Waals surface area contributed by atoms with E-state index in [1.165, 1.54) is 4.90 Å². The second-order valence-electron chi connectivity index (χ2n) is 6.63. The molecule has 1 amide bonds. The molecule has 3 aromatic rings. The van der Waals surface area contributed by atoms with Gasteiger partial charge in [-0.1, -0.05) is 66.2 Å². The number of hydrogen-bond acceptors (Lipinski definition) is 4. The van der Waals surface area contributed by atoms with Gasteiger partial charge in [-0.3, -0.25) is 14.5 Å². The number of benzene rings is 2. The van der Waals surface area contributed by atoms with E-state index in [9.17, 15) is 14.7 Å². The Morgan fingerprint density at radius 2 is 1.61 bits per heavy atom. The number of hydrogen-bond donors (Lipinski definition) is 1. The van der Waals surface area contributed by atoms with Crippen LogP contribution in [0.5, 0.6) is 0 Å². The number of aliphatic hydroxyl groups excluding tert-OH is 1. The fraction of sp³-hybridized carbons (Fsp3) is 0.0870. The van der Waals surface area contributed by atoms with Gasteiger partial charge in [0.2, 0.25) is 0 Å². The molecule has 2 aromatic carbocycles. The molecule has 1 fully saturated rings. The molecule has 0 aliphatic carbocycles. The van der Waals surface area contributed by atoms with E-state index >= 15 is 0 Å². The molecule has 0 radical (unpaired) electrons. The predicted octanol–water partition coefficient (Wildman–Crippen LogP) is 4.02. The molecule has 0 spiro atoms. The molecule has 0 bridgehead atoms. The standard InChI is InChI=1S/C23H18N2O3/c1-15-10-12-17(13-11-15)21(26)19-20(16-7-3-2-4-8-16)25(23(28)22(19)27)18-9-5-6-14-24-18/h2-14,20,26H,1H3/b21-19+/t20-/m0/s1. The smallest absolute Gasteiger partial charge is 0.301 e. The van der Waals surface area contributed by atoms with Crippen LogP contribution in [0.3, 0.4) is 0 Å². The highest BCUT2D eigenvalue weighted by molar-refractivity contribution is 6.51.